The van der Waals surface area contributed by atoms with E-state index in [0.29, 0.717) is 0 Å². The van der Waals surface area contributed by atoms with Crippen LogP contribution in [0.2, 0.25) is 0 Å². The summed E-state index contributed by atoms with van der Waals surface area (Å²) in [6, 6.07) is 7.96. The molecule has 0 N–H and O–H groups in total. The molecule has 0 saturated carbocycles. The third-order valence-corrected chi connectivity index (χ3v) is 3.74. The molecule has 1 aromatic carbocycles. The number of nitrogens with zero attached hydrogens (tertiary/aromatic N) is 2. The number of hydrogen-bond donors (Lipinski definition) is 0. The van der Waals surface area contributed by atoms with E-state index in [2.05, 4.69) is 24.8 Å². The highest BCUT2D eigenvalue weighted by Crippen LogP contribution is 2.14. The summed E-state index contributed by atoms with van der Waals surface area (Å²) in [4.78, 5) is 16.9. The molecule has 2 rings (SSSR count). The molecule has 0 atom stereocenters. The lowest BCUT2D eigenvalue weighted by Crippen LogP contribution is -2.48. The second-order valence-corrected chi connectivity index (χ2v) is 4.74. The minimum absolute atomic E-state index is 0.197. The van der Waals surface area contributed by atoms with Crippen LogP contribution in [0.1, 0.15) is 43.6 Å². The van der Waals surface area contributed by atoms with Gasteiger partial charge in [0.05, 0.1) is 0 Å². The van der Waals surface area contributed by atoms with Crippen molar-refractivity contribution >= 4 is 5.91 Å². The highest BCUT2D eigenvalue weighted by molar-refractivity contribution is 5.95. The van der Waals surface area contributed by atoms with E-state index in [0.717, 1.165) is 50.3 Å². The summed E-state index contributed by atoms with van der Waals surface area (Å²) in [5.41, 5.74) is 2.03. The van der Waals surface area contributed by atoms with Crippen molar-refractivity contribution in [3.05, 3.63) is 35.4 Å². The summed E-state index contributed by atoms with van der Waals surface area (Å²) >= 11 is 0. The molecule has 20 heavy (non-hydrogen) atoms. The Morgan fingerprint density at radius 1 is 1.05 bits per heavy atom. The maximum atomic E-state index is 12.5. The summed E-state index contributed by atoms with van der Waals surface area (Å²) in [6.45, 7) is 13.0. The predicted molar refractivity (Wildman–Crippen MR) is 85.2 cm³/mol. The lowest BCUT2D eigenvalue weighted by molar-refractivity contribution is 0.0642. The molecule has 0 aromatic heterocycles. The molecule has 3 nitrogen and oxygen atoms in total. The van der Waals surface area contributed by atoms with Crippen LogP contribution < -0.4 is 0 Å². The van der Waals surface area contributed by atoms with Gasteiger partial charge in [-0.05, 0) is 24.6 Å². The number of amides is 1. The fourth-order valence-corrected chi connectivity index (χ4v) is 2.47. The van der Waals surface area contributed by atoms with Gasteiger partial charge in [0, 0.05) is 31.7 Å². The van der Waals surface area contributed by atoms with Crippen LogP contribution in [0.5, 0.6) is 0 Å². The number of hydrogen-bond acceptors (Lipinski definition) is 2. The Morgan fingerprint density at radius 3 is 2.20 bits per heavy atom. The van der Waals surface area contributed by atoms with E-state index >= 15 is 0 Å². The Morgan fingerprint density at radius 2 is 1.65 bits per heavy atom. The van der Waals surface area contributed by atoms with Gasteiger partial charge < -0.3 is 9.80 Å². The van der Waals surface area contributed by atoms with Crippen molar-refractivity contribution < 1.29 is 4.79 Å². The second kappa shape index (κ2) is 8.75. The molecule has 1 saturated heterocycles. The van der Waals surface area contributed by atoms with E-state index in [1.54, 1.807) is 0 Å². The number of carbonyl (C=O) groups excluding carboxylic acids is 1. The average molecular weight is 276 g/mol. The minimum atomic E-state index is 0.197. The van der Waals surface area contributed by atoms with Gasteiger partial charge in [0.25, 0.3) is 5.91 Å². The van der Waals surface area contributed by atoms with E-state index < -0.39 is 0 Å². The van der Waals surface area contributed by atoms with Gasteiger partial charge in [-0.2, -0.15) is 0 Å². The topological polar surface area (TPSA) is 23.6 Å². The third-order valence-electron chi connectivity index (χ3n) is 3.74. The molecule has 1 amide bonds. The van der Waals surface area contributed by atoms with Crippen LogP contribution in [0.25, 0.3) is 0 Å². The summed E-state index contributed by atoms with van der Waals surface area (Å²) < 4.78 is 0. The van der Waals surface area contributed by atoms with Gasteiger partial charge in [-0.1, -0.05) is 45.9 Å². The van der Waals surface area contributed by atoms with Crippen molar-refractivity contribution in [2.24, 2.45) is 0 Å². The van der Waals surface area contributed by atoms with Gasteiger partial charge in [0.2, 0.25) is 0 Å². The third kappa shape index (κ3) is 4.07. The summed E-state index contributed by atoms with van der Waals surface area (Å²) in [5.74, 6) is 0.197. The number of likely N-dealkylation sites (N-methyl/N-ethyl adjacent to an activating group) is 1. The highest BCUT2D eigenvalue weighted by Gasteiger charge is 2.22. The van der Waals surface area contributed by atoms with Crippen molar-refractivity contribution in [3.63, 3.8) is 0 Å². The van der Waals surface area contributed by atoms with E-state index in [4.69, 9.17) is 0 Å². The highest BCUT2D eigenvalue weighted by atomic mass is 16.2. The minimum Gasteiger partial charge on any atom is -0.336 e. The summed E-state index contributed by atoms with van der Waals surface area (Å²) in [7, 11) is 0. The standard InChI is InChI=1S/C15H22N2O.C2H6/c1-3-13-7-5-6-8-14(13)15(18)17-11-9-16(4-2)10-12-17;1-2/h5-8H,3-4,9-12H2,1-2H3;1-2H3. The zero-order chi connectivity index (χ0) is 15.0. The first-order chi connectivity index (χ1) is 9.76. The summed E-state index contributed by atoms with van der Waals surface area (Å²) in [6.07, 6.45) is 0.914. The molecule has 1 aromatic rings. The van der Waals surface area contributed by atoms with Crippen LogP contribution >= 0.6 is 0 Å². The maximum absolute atomic E-state index is 12.5. The molecule has 1 aliphatic heterocycles. The number of benzene rings is 1. The van der Waals surface area contributed by atoms with Crippen LogP contribution in [0.15, 0.2) is 24.3 Å². The summed E-state index contributed by atoms with van der Waals surface area (Å²) in [5, 5.41) is 0. The Kier molecular flexibility index (Phi) is 7.31. The zero-order valence-electron chi connectivity index (χ0n) is 13.4. The first kappa shape index (κ1) is 16.7. The van der Waals surface area contributed by atoms with Crippen LogP contribution in [-0.4, -0.2) is 48.4 Å². The van der Waals surface area contributed by atoms with Gasteiger partial charge in [0.1, 0.15) is 0 Å². The van der Waals surface area contributed by atoms with Crippen LogP contribution in [0, 0.1) is 0 Å². The van der Waals surface area contributed by atoms with Gasteiger partial charge in [-0.15, -0.1) is 0 Å². The van der Waals surface area contributed by atoms with E-state index in [1.807, 2.05) is 36.9 Å². The lowest BCUT2D eigenvalue weighted by atomic mass is 10.0. The number of carbonyl (C=O) groups is 1. The SMILES string of the molecule is CC.CCc1ccccc1C(=O)N1CCN(CC)CC1. The zero-order valence-corrected chi connectivity index (χ0v) is 13.4. The Labute approximate surface area is 123 Å². The van der Waals surface area contributed by atoms with Crippen LogP contribution in [0.4, 0.5) is 0 Å². The fraction of sp³-hybridized carbons (Fsp3) is 0.588. The molecule has 112 valence electrons. The number of piperazine rings is 1. The smallest absolute Gasteiger partial charge is 0.254 e. The van der Waals surface area contributed by atoms with E-state index in [-0.39, 0.29) is 5.91 Å². The molecular formula is C17H28N2O. The van der Waals surface area contributed by atoms with Gasteiger partial charge in [-0.25, -0.2) is 0 Å². The average Bonchev–Trinajstić information content (AvgIpc) is 2.56. The van der Waals surface area contributed by atoms with Crippen molar-refractivity contribution in [1.82, 2.24) is 9.80 Å². The number of rotatable bonds is 3. The van der Waals surface area contributed by atoms with Gasteiger partial charge in [0.15, 0.2) is 0 Å². The van der Waals surface area contributed by atoms with Crippen molar-refractivity contribution in [2.45, 2.75) is 34.1 Å². The quantitative estimate of drug-likeness (QED) is 0.847. The predicted octanol–water partition coefficient (Wildman–Crippen LogP) is 3.05. The first-order valence-corrected chi connectivity index (χ1v) is 7.85. The number of aryl methyl sites for hydroxylation is 1. The normalized spacial score (nSPS) is 15.5. The monoisotopic (exact) mass is 276 g/mol. The Balaban J connectivity index is 0.000000956. The molecule has 3 heteroatoms. The lowest BCUT2D eigenvalue weighted by Gasteiger charge is -2.34. The molecule has 1 heterocycles. The Hall–Kier alpha value is -1.35. The molecule has 0 unspecified atom stereocenters. The Bertz CT molecular complexity index is 409. The van der Waals surface area contributed by atoms with Crippen LogP contribution in [-0.2, 0) is 6.42 Å². The fourth-order valence-electron chi connectivity index (χ4n) is 2.47. The molecule has 0 spiro atoms. The van der Waals surface area contributed by atoms with Crippen molar-refractivity contribution in [3.8, 4) is 0 Å². The maximum Gasteiger partial charge on any atom is 0.254 e. The van der Waals surface area contributed by atoms with Gasteiger partial charge >= 0.3 is 0 Å². The molecule has 0 radical (unpaired) electrons. The molecule has 0 aliphatic carbocycles. The van der Waals surface area contributed by atoms with Gasteiger partial charge in [-0.3, -0.25) is 4.79 Å². The largest absolute Gasteiger partial charge is 0.336 e. The van der Waals surface area contributed by atoms with Crippen LogP contribution in [0.3, 0.4) is 0 Å². The second-order valence-electron chi connectivity index (χ2n) is 4.74. The van der Waals surface area contributed by atoms with Crippen molar-refractivity contribution in [1.29, 1.82) is 0 Å². The molecule has 0 bridgehead atoms. The molecular weight excluding hydrogens is 248 g/mol. The van der Waals surface area contributed by atoms with E-state index in [1.165, 1.54) is 0 Å². The molecule has 1 fully saturated rings. The molecule has 1 aliphatic rings. The van der Waals surface area contributed by atoms with E-state index in [9.17, 15) is 4.79 Å². The first-order valence-electron chi connectivity index (χ1n) is 7.85. The van der Waals surface area contributed by atoms with Crippen molar-refractivity contribution in [2.75, 3.05) is 32.7 Å².